The van der Waals surface area contributed by atoms with Gasteiger partial charge in [0.1, 0.15) is 29.9 Å². The van der Waals surface area contributed by atoms with Crippen LogP contribution in [0.25, 0.3) is 11.0 Å². The Morgan fingerprint density at radius 1 is 1.32 bits per heavy atom. The fraction of sp³-hybridized carbons (Fsp3) is 0.556. The van der Waals surface area contributed by atoms with Gasteiger partial charge >= 0.3 is 0 Å². The molecule has 0 aliphatic carbocycles. The number of hydrogen-bond acceptors (Lipinski definition) is 5. The first kappa shape index (κ1) is 16.1. The second kappa shape index (κ2) is 6.46. The van der Waals surface area contributed by atoms with E-state index in [9.17, 15) is 0 Å². The molecule has 1 aliphatic rings. The summed E-state index contributed by atoms with van der Waals surface area (Å²) < 4.78 is 2.19. The number of fused-ring (bicyclic) bond motifs is 1. The molecule has 3 aromatic rings. The summed E-state index contributed by atoms with van der Waals surface area (Å²) in [5.74, 6) is 2.52. The van der Waals surface area contributed by atoms with Crippen LogP contribution < -0.4 is 4.90 Å². The summed E-state index contributed by atoms with van der Waals surface area (Å²) in [4.78, 5) is 14.7. The van der Waals surface area contributed by atoms with E-state index in [4.69, 9.17) is 0 Å². The van der Waals surface area contributed by atoms with Gasteiger partial charge in [0.2, 0.25) is 0 Å². The molecular weight excluding hydrogens is 314 g/mol. The fourth-order valence-corrected chi connectivity index (χ4v) is 3.85. The number of nitrogens with zero attached hydrogens (tertiary/aromatic N) is 6. The van der Waals surface area contributed by atoms with Crippen molar-refractivity contribution in [2.45, 2.75) is 52.0 Å². The van der Waals surface area contributed by atoms with E-state index in [0.717, 1.165) is 55.0 Å². The Morgan fingerprint density at radius 3 is 3.00 bits per heavy atom. The van der Waals surface area contributed by atoms with Crippen LogP contribution in [0, 0.1) is 0 Å². The third-order valence-electron chi connectivity index (χ3n) is 5.16. The molecule has 1 aliphatic heterocycles. The zero-order chi connectivity index (χ0) is 17.4. The normalized spacial score (nSPS) is 18.4. The van der Waals surface area contributed by atoms with Crippen LogP contribution in [0.1, 0.15) is 57.0 Å². The minimum atomic E-state index is 0.377. The lowest BCUT2D eigenvalue weighted by Gasteiger charge is -2.34. The Hall–Kier alpha value is -2.44. The van der Waals surface area contributed by atoms with Gasteiger partial charge in [-0.05, 0) is 38.7 Å². The molecule has 0 amide bonds. The van der Waals surface area contributed by atoms with E-state index in [0.29, 0.717) is 12.0 Å². The molecule has 7 nitrogen and oxygen atoms in total. The van der Waals surface area contributed by atoms with Crippen molar-refractivity contribution < 1.29 is 0 Å². The molecule has 132 valence electrons. The number of anilines is 1. The van der Waals surface area contributed by atoms with E-state index in [1.165, 1.54) is 5.56 Å². The molecule has 3 aromatic heterocycles. The second-order valence-corrected chi connectivity index (χ2v) is 7.06. The first-order valence-corrected chi connectivity index (χ1v) is 9.14. The minimum Gasteiger partial charge on any atom is -0.355 e. The molecule has 0 spiro atoms. The lowest BCUT2D eigenvalue weighted by molar-refractivity contribution is 0.453. The molecule has 7 heteroatoms. The highest BCUT2D eigenvalue weighted by Gasteiger charge is 2.28. The summed E-state index contributed by atoms with van der Waals surface area (Å²) in [7, 11) is 0. The quantitative estimate of drug-likeness (QED) is 0.790. The van der Waals surface area contributed by atoms with Gasteiger partial charge in [0.25, 0.3) is 0 Å². The van der Waals surface area contributed by atoms with E-state index >= 15 is 0 Å². The summed E-state index contributed by atoms with van der Waals surface area (Å²) in [6, 6.07) is 0.377. The van der Waals surface area contributed by atoms with Gasteiger partial charge in [-0.25, -0.2) is 9.97 Å². The number of aromatic nitrogens is 6. The molecular formula is C18H25N7. The molecule has 1 saturated heterocycles. The monoisotopic (exact) mass is 339 g/mol. The standard InChI is InChI=1S/C18H25N7/c1-4-13-8-19-16-15(13)18(21-10-20-16)24-7-5-6-14(9-24)17-23-22-11-25(17)12(2)3/h8,10-12,14H,4-7,9H2,1-3H3,(H,19,20,21). The van der Waals surface area contributed by atoms with Gasteiger partial charge in [-0.15, -0.1) is 10.2 Å². The van der Waals surface area contributed by atoms with Gasteiger partial charge in [0.15, 0.2) is 0 Å². The topological polar surface area (TPSA) is 75.5 Å². The van der Waals surface area contributed by atoms with E-state index < -0.39 is 0 Å². The van der Waals surface area contributed by atoms with Crippen LogP contribution in [0.3, 0.4) is 0 Å². The van der Waals surface area contributed by atoms with Crippen molar-refractivity contribution in [3.8, 4) is 0 Å². The average Bonchev–Trinajstić information content (AvgIpc) is 3.28. The Morgan fingerprint density at radius 2 is 2.20 bits per heavy atom. The van der Waals surface area contributed by atoms with Crippen molar-refractivity contribution >= 4 is 16.9 Å². The largest absolute Gasteiger partial charge is 0.355 e. The summed E-state index contributed by atoms with van der Waals surface area (Å²) >= 11 is 0. The molecule has 1 N–H and O–H groups in total. The van der Waals surface area contributed by atoms with E-state index in [1.54, 1.807) is 6.33 Å². The molecule has 4 rings (SSSR count). The SMILES string of the molecule is CCc1c[nH]c2ncnc(N3CCCC(c4nncn4C(C)C)C3)c12. The van der Waals surface area contributed by atoms with Crippen LogP contribution >= 0.6 is 0 Å². The third-order valence-corrected chi connectivity index (χ3v) is 5.16. The molecule has 0 saturated carbocycles. The summed E-state index contributed by atoms with van der Waals surface area (Å²) in [6.45, 7) is 8.46. The summed E-state index contributed by atoms with van der Waals surface area (Å²) in [5, 5.41) is 9.73. The minimum absolute atomic E-state index is 0.377. The first-order chi connectivity index (χ1) is 12.2. The maximum Gasteiger partial charge on any atom is 0.143 e. The summed E-state index contributed by atoms with van der Waals surface area (Å²) in [5.41, 5.74) is 2.20. The molecule has 1 fully saturated rings. The molecule has 4 heterocycles. The molecule has 0 radical (unpaired) electrons. The lowest BCUT2D eigenvalue weighted by Crippen LogP contribution is -2.36. The predicted octanol–water partition coefficient (Wildman–Crippen LogP) is 3.08. The van der Waals surface area contributed by atoms with Gasteiger partial charge in [0.05, 0.1) is 5.39 Å². The Balaban J connectivity index is 1.68. The van der Waals surface area contributed by atoms with Gasteiger partial charge in [-0.3, -0.25) is 0 Å². The maximum absolute atomic E-state index is 4.64. The fourth-order valence-electron chi connectivity index (χ4n) is 3.85. The molecule has 0 bridgehead atoms. The van der Waals surface area contributed by atoms with E-state index in [2.05, 4.69) is 61.6 Å². The van der Waals surface area contributed by atoms with Crippen LogP contribution in [0.5, 0.6) is 0 Å². The van der Waals surface area contributed by atoms with Gasteiger partial charge in [-0.1, -0.05) is 6.92 Å². The number of rotatable bonds is 4. The third kappa shape index (κ3) is 2.77. The average molecular weight is 339 g/mol. The smallest absolute Gasteiger partial charge is 0.143 e. The number of nitrogens with one attached hydrogen (secondary N) is 1. The van der Waals surface area contributed by atoms with Crippen molar-refractivity contribution in [1.29, 1.82) is 0 Å². The van der Waals surface area contributed by atoms with Crippen LogP contribution in [-0.2, 0) is 6.42 Å². The van der Waals surface area contributed by atoms with Crippen molar-refractivity contribution in [2.75, 3.05) is 18.0 Å². The molecule has 0 aromatic carbocycles. The predicted molar refractivity (Wildman–Crippen MR) is 97.9 cm³/mol. The van der Waals surface area contributed by atoms with E-state index in [-0.39, 0.29) is 0 Å². The molecule has 25 heavy (non-hydrogen) atoms. The number of hydrogen-bond donors (Lipinski definition) is 1. The highest BCUT2D eigenvalue weighted by Crippen LogP contribution is 2.33. The lowest BCUT2D eigenvalue weighted by atomic mass is 9.96. The molecule has 1 unspecified atom stereocenters. The van der Waals surface area contributed by atoms with Crippen LogP contribution in [0.2, 0.25) is 0 Å². The van der Waals surface area contributed by atoms with Gasteiger partial charge < -0.3 is 14.5 Å². The van der Waals surface area contributed by atoms with Crippen molar-refractivity contribution in [3.05, 3.63) is 30.2 Å². The maximum atomic E-state index is 4.64. The number of H-pyrrole nitrogens is 1. The highest BCUT2D eigenvalue weighted by molar-refractivity contribution is 5.90. The Bertz CT molecular complexity index is 863. The number of aromatic amines is 1. The van der Waals surface area contributed by atoms with Crippen LogP contribution in [-0.4, -0.2) is 42.8 Å². The molecule has 1 atom stereocenters. The van der Waals surface area contributed by atoms with Gasteiger partial charge in [0, 0.05) is 31.2 Å². The highest BCUT2D eigenvalue weighted by atomic mass is 15.3. The van der Waals surface area contributed by atoms with Crippen LogP contribution in [0.15, 0.2) is 18.9 Å². The Kier molecular flexibility index (Phi) is 4.15. The second-order valence-electron chi connectivity index (χ2n) is 7.06. The summed E-state index contributed by atoms with van der Waals surface area (Å²) in [6.07, 6.45) is 8.81. The first-order valence-electron chi connectivity index (χ1n) is 9.14. The van der Waals surface area contributed by atoms with Gasteiger partial charge in [-0.2, -0.15) is 0 Å². The zero-order valence-electron chi connectivity index (χ0n) is 15.1. The van der Waals surface area contributed by atoms with Crippen molar-refractivity contribution in [2.24, 2.45) is 0 Å². The van der Waals surface area contributed by atoms with Crippen molar-refractivity contribution in [1.82, 2.24) is 29.7 Å². The number of piperidine rings is 1. The number of aryl methyl sites for hydroxylation is 1. The Labute approximate surface area is 147 Å². The van der Waals surface area contributed by atoms with Crippen molar-refractivity contribution in [3.63, 3.8) is 0 Å². The zero-order valence-corrected chi connectivity index (χ0v) is 15.1. The van der Waals surface area contributed by atoms with E-state index in [1.807, 2.05) is 6.33 Å². The van der Waals surface area contributed by atoms with Crippen LogP contribution in [0.4, 0.5) is 5.82 Å².